The molecule has 2 aliphatic heterocycles. The molecule has 0 amide bonds. The number of ketones is 2. The van der Waals surface area contributed by atoms with Gasteiger partial charge in [-0.3, -0.25) is 24.0 Å². The van der Waals surface area contributed by atoms with Gasteiger partial charge in [0.15, 0.2) is 0 Å². The average Bonchev–Trinajstić information content (AvgIpc) is 3.51. The Kier molecular flexibility index (Phi) is 8.32. The van der Waals surface area contributed by atoms with Gasteiger partial charge in [-0.1, -0.05) is 30.4 Å². The first-order valence-corrected chi connectivity index (χ1v) is 11.8. The van der Waals surface area contributed by atoms with Crippen LogP contribution in [0.2, 0.25) is 0 Å². The van der Waals surface area contributed by atoms with Crippen LogP contribution in [0, 0.1) is 0 Å². The van der Waals surface area contributed by atoms with E-state index in [1.54, 1.807) is 25.2 Å². The number of carbonyl (C=O) groups is 5. The quantitative estimate of drug-likeness (QED) is 0.141. The Balaban J connectivity index is 1.75. The third-order valence-electron chi connectivity index (χ3n) is 5.86. The molecule has 10 heteroatoms. The molecule has 198 valence electrons. The van der Waals surface area contributed by atoms with Crippen molar-refractivity contribution in [3.63, 3.8) is 0 Å². The number of esters is 3. The zero-order valence-electron chi connectivity index (χ0n) is 21.3. The maximum atomic E-state index is 13.4. The number of rotatable bonds is 10. The van der Waals surface area contributed by atoms with E-state index in [1.165, 1.54) is 32.9 Å². The molecule has 1 fully saturated rings. The van der Waals surface area contributed by atoms with E-state index in [0.29, 0.717) is 11.3 Å². The fourth-order valence-corrected chi connectivity index (χ4v) is 4.19. The molecule has 3 rings (SSSR count). The average molecular weight is 515 g/mol. The van der Waals surface area contributed by atoms with E-state index in [1.807, 2.05) is 25.2 Å². The van der Waals surface area contributed by atoms with Crippen LogP contribution in [0.15, 0.2) is 59.9 Å². The summed E-state index contributed by atoms with van der Waals surface area (Å²) in [6.45, 7) is 7.06. The van der Waals surface area contributed by atoms with E-state index < -0.39 is 65.6 Å². The Morgan fingerprint density at radius 1 is 1.05 bits per heavy atom. The van der Waals surface area contributed by atoms with Gasteiger partial charge in [-0.05, 0) is 39.0 Å². The molecule has 0 radical (unpaired) electrons. The van der Waals surface area contributed by atoms with Crippen LogP contribution in [0.1, 0.15) is 47.5 Å². The summed E-state index contributed by atoms with van der Waals surface area (Å²) in [5.41, 5.74) is -3.38. The monoisotopic (exact) mass is 514 g/mol. The molecule has 1 spiro atoms. The van der Waals surface area contributed by atoms with Gasteiger partial charge >= 0.3 is 17.9 Å². The molecule has 37 heavy (non-hydrogen) atoms. The third-order valence-corrected chi connectivity index (χ3v) is 5.86. The lowest BCUT2D eigenvalue weighted by Crippen LogP contribution is -2.58. The summed E-state index contributed by atoms with van der Waals surface area (Å²) >= 11 is 0. The Hall–Kier alpha value is -3.79. The van der Waals surface area contributed by atoms with Crippen LogP contribution in [0.3, 0.4) is 0 Å². The normalized spacial score (nSPS) is 28.1. The zero-order chi connectivity index (χ0) is 27.4. The summed E-state index contributed by atoms with van der Waals surface area (Å²) in [6, 6.07) is 0. The molecule has 1 aliphatic carbocycles. The topological polar surface area (TPSA) is 135 Å². The van der Waals surface area contributed by atoms with Crippen molar-refractivity contribution in [2.24, 2.45) is 0 Å². The fourth-order valence-electron chi connectivity index (χ4n) is 4.19. The van der Waals surface area contributed by atoms with Gasteiger partial charge in [-0.15, -0.1) is 0 Å². The summed E-state index contributed by atoms with van der Waals surface area (Å²) in [6.07, 6.45) is 10.5. The summed E-state index contributed by atoms with van der Waals surface area (Å²) in [7, 11) is 0. The SMILES string of the molecule is C/C=C/C=C/C=C/C1=CC2=CC(=O)C(C)(OC(=O)CC(CC(C)OC(C)=O)OC(C)=O)C(=O)C23OC3O1. The van der Waals surface area contributed by atoms with Crippen LogP contribution >= 0.6 is 0 Å². The van der Waals surface area contributed by atoms with Gasteiger partial charge in [0.2, 0.25) is 29.1 Å². The lowest BCUT2D eigenvalue weighted by atomic mass is 9.75. The molecule has 0 aromatic rings. The Bertz CT molecular complexity index is 1140. The zero-order valence-corrected chi connectivity index (χ0v) is 21.3. The highest BCUT2D eigenvalue weighted by molar-refractivity contribution is 6.23. The van der Waals surface area contributed by atoms with Crippen LogP contribution in [-0.2, 0) is 47.7 Å². The standard InChI is InChI=1S/C27H30O10/c1-6-7-8-9-10-11-20-13-19-14-22(30)26(5,24(32)27(19)25(35-20)37-27)36-23(31)15-21(34-18(4)29)12-16(2)33-17(3)28/h6-11,13-14,16,21,25H,12,15H2,1-5H3/b7-6+,9-8+,11-10+. The minimum atomic E-state index is -2.16. The Labute approximate surface area is 214 Å². The van der Waals surface area contributed by atoms with E-state index in [-0.39, 0.29) is 6.42 Å². The van der Waals surface area contributed by atoms with Crippen molar-refractivity contribution in [2.45, 2.75) is 77.2 Å². The second-order valence-corrected chi connectivity index (χ2v) is 9.01. The van der Waals surface area contributed by atoms with Crippen LogP contribution in [0.5, 0.6) is 0 Å². The Morgan fingerprint density at radius 3 is 2.38 bits per heavy atom. The molecule has 0 N–H and O–H groups in total. The highest BCUT2D eigenvalue weighted by Gasteiger charge is 2.75. The van der Waals surface area contributed by atoms with Crippen molar-refractivity contribution in [1.29, 1.82) is 0 Å². The minimum Gasteiger partial charge on any atom is -0.463 e. The molecule has 10 nitrogen and oxygen atoms in total. The number of Topliss-reactive ketones (excluding diaryl/α,β-unsaturated/α-hetero) is 1. The molecule has 0 saturated carbocycles. The molecule has 5 atom stereocenters. The van der Waals surface area contributed by atoms with Gasteiger partial charge in [0.1, 0.15) is 18.0 Å². The van der Waals surface area contributed by atoms with Crippen LogP contribution in [0.4, 0.5) is 0 Å². The van der Waals surface area contributed by atoms with Gasteiger partial charge in [0.25, 0.3) is 0 Å². The molecule has 0 aromatic heterocycles. The molecular formula is C27H30O10. The first-order valence-electron chi connectivity index (χ1n) is 11.8. The number of hydrogen-bond donors (Lipinski definition) is 0. The summed E-state index contributed by atoms with van der Waals surface area (Å²) in [5.74, 6) is -3.21. The van der Waals surface area contributed by atoms with Crippen molar-refractivity contribution in [1.82, 2.24) is 0 Å². The molecule has 2 heterocycles. The maximum Gasteiger partial charge on any atom is 0.311 e. The largest absolute Gasteiger partial charge is 0.463 e. The van der Waals surface area contributed by atoms with Crippen LogP contribution in [0.25, 0.3) is 0 Å². The van der Waals surface area contributed by atoms with E-state index in [2.05, 4.69) is 0 Å². The van der Waals surface area contributed by atoms with E-state index >= 15 is 0 Å². The lowest BCUT2D eigenvalue weighted by Gasteiger charge is -2.34. The highest BCUT2D eigenvalue weighted by atomic mass is 16.8. The summed E-state index contributed by atoms with van der Waals surface area (Å²) in [5, 5.41) is 0. The smallest absolute Gasteiger partial charge is 0.311 e. The third kappa shape index (κ3) is 6.14. The molecule has 0 aromatic carbocycles. The van der Waals surface area contributed by atoms with E-state index in [9.17, 15) is 24.0 Å². The van der Waals surface area contributed by atoms with Crippen molar-refractivity contribution in [3.8, 4) is 0 Å². The number of allylic oxidation sites excluding steroid dienone is 6. The van der Waals surface area contributed by atoms with Crippen LogP contribution in [-0.4, -0.2) is 59.2 Å². The second-order valence-electron chi connectivity index (χ2n) is 9.01. The van der Waals surface area contributed by atoms with E-state index in [0.717, 1.165) is 0 Å². The van der Waals surface area contributed by atoms with Gasteiger partial charge in [-0.2, -0.15) is 0 Å². The summed E-state index contributed by atoms with van der Waals surface area (Å²) in [4.78, 5) is 61.9. The molecule has 3 aliphatic rings. The fraction of sp³-hybridized carbons (Fsp3) is 0.444. The maximum absolute atomic E-state index is 13.4. The number of carbonyl (C=O) groups excluding carboxylic acids is 5. The predicted octanol–water partition coefficient (Wildman–Crippen LogP) is 2.73. The van der Waals surface area contributed by atoms with Crippen molar-refractivity contribution in [3.05, 3.63) is 59.9 Å². The Morgan fingerprint density at radius 2 is 1.73 bits per heavy atom. The van der Waals surface area contributed by atoms with Crippen LogP contribution < -0.4 is 0 Å². The molecule has 0 bridgehead atoms. The van der Waals surface area contributed by atoms with Crippen molar-refractivity contribution in [2.75, 3.05) is 0 Å². The van der Waals surface area contributed by atoms with Gasteiger partial charge < -0.3 is 23.7 Å². The first kappa shape index (κ1) is 27.8. The lowest BCUT2D eigenvalue weighted by molar-refractivity contribution is -0.175. The van der Waals surface area contributed by atoms with Crippen molar-refractivity contribution < 1.29 is 47.7 Å². The number of hydrogen-bond acceptors (Lipinski definition) is 10. The first-order chi connectivity index (χ1) is 17.4. The van der Waals surface area contributed by atoms with Gasteiger partial charge in [0.05, 0.1) is 6.42 Å². The van der Waals surface area contributed by atoms with Crippen molar-refractivity contribution >= 4 is 29.5 Å². The second kappa shape index (κ2) is 11.1. The summed E-state index contributed by atoms with van der Waals surface area (Å²) < 4.78 is 26.9. The number of ether oxygens (including phenoxy) is 5. The number of epoxide rings is 1. The van der Waals surface area contributed by atoms with E-state index in [4.69, 9.17) is 23.7 Å². The predicted molar refractivity (Wildman–Crippen MR) is 128 cm³/mol. The van der Waals surface area contributed by atoms with Gasteiger partial charge in [0, 0.05) is 25.8 Å². The molecular weight excluding hydrogens is 484 g/mol. The highest BCUT2D eigenvalue weighted by Crippen LogP contribution is 2.54. The van der Waals surface area contributed by atoms with Gasteiger partial charge in [-0.25, -0.2) is 0 Å². The molecule has 5 unspecified atom stereocenters. The minimum absolute atomic E-state index is 0.0187. The molecule has 1 saturated heterocycles.